The van der Waals surface area contributed by atoms with E-state index in [0.29, 0.717) is 0 Å². The predicted octanol–water partition coefficient (Wildman–Crippen LogP) is 0.340. The van der Waals surface area contributed by atoms with Gasteiger partial charge >= 0.3 is 0 Å². The van der Waals surface area contributed by atoms with Crippen LogP contribution >= 0.6 is 0 Å². The Bertz CT molecular complexity index is 256. The average Bonchev–Trinajstić information content (AvgIpc) is 2.90. The van der Waals surface area contributed by atoms with Crippen molar-refractivity contribution in [3.63, 3.8) is 0 Å². The molecule has 1 aliphatic rings. The molecule has 0 spiro atoms. The van der Waals surface area contributed by atoms with Crippen LogP contribution in [0.4, 0.5) is 0 Å². The van der Waals surface area contributed by atoms with Crippen LogP contribution in [0.25, 0.3) is 0 Å². The summed E-state index contributed by atoms with van der Waals surface area (Å²) in [5.74, 6) is 0. The molecule has 1 heterocycles. The van der Waals surface area contributed by atoms with Crippen LogP contribution in [0.5, 0.6) is 0 Å². The monoisotopic (exact) mass is 195 g/mol. The lowest BCUT2D eigenvalue weighted by Crippen LogP contribution is -2.32. The summed E-state index contributed by atoms with van der Waals surface area (Å²) in [6.07, 6.45) is 8.20. The molecule has 1 N–H and O–H groups in total. The third kappa shape index (κ3) is 2.56. The molecule has 0 aromatic carbocycles. The molecule has 4 heteroatoms. The maximum absolute atomic E-state index is 8.91. The number of hydrogen-bond acceptors (Lipinski definition) is 3. The lowest BCUT2D eigenvalue weighted by molar-refractivity contribution is 0.184. The molecule has 2 rings (SSSR count). The SMILES string of the molecule is OCCN(CCn1ccnc1)C1CC1. The van der Waals surface area contributed by atoms with Crippen molar-refractivity contribution in [3.05, 3.63) is 18.7 Å². The molecule has 0 atom stereocenters. The molecule has 0 bridgehead atoms. The normalized spacial score (nSPS) is 16.4. The maximum Gasteiger partial charge on any atom is 0.0946 e. The van der Waals surface area contributed by atoms with Crippen LogP contribution in [0.3, 0.4) is 0 Å². The van der Waals surface area contributed by atoms with Crippen molar-refractivity contribution in [3.8, 4) is 0 Å². The van der Waals surface area contributed by atoms with Gasteiger partial charge in [-0.05, 0) is 12.8 Å². The molecule has 0 saturated heterocycles. The van der Waals surface area contributed by atoms with E-state index < -0.39 is 0 Å². The Morgan fingerprint density at radius 2 is 2.29 bits per heavy atom. The van der Waals surface area contributed by atoms with E-state index in [0.717, 1.165) is 25.7 Å². The Labute approximate surface area is 84.2 Å². The molecule has 78 valence electrons. The Morgan fingerprint density at radius 3 is 2.86 bits per heavy atom. The molecule has 1 saturated carbocycles. The van der Waals surface area contributed by atoms with E-state index in [-0.39, 0.29) is 6.61 Å². The fourth-order valence-corrected chi connectivity index (χ4v) is 1.71. The molecular weight excluding hydrogens is 178 g/mol. The summed E-state index contributed by atoms with van der Waals surface area (Å²) in [7, 11) is 0. The van der Waals surface area contributed by atoms with Gasteiger partial charge in [0.05, 0.1) is 12.9 Å². The van der Waals surface area contributed by atoms with Crippen LogP contribution < -0.4 is 0 Å². The molecular formula is C10H17N3O. The number of hydrogen-bond donors (Lipinski definition) is 1. The van der Waals surface area contributed by atoms with E-state index in [4.69, 9.17) is 5.11 Å². The second-order valence-corrected chi connectivity index (χ2v) is 3.79. The summed E-state index contributed by atoms with van der Waals surface area (Å²) in [5.41, 5.74) is 0. The van der Waals surface area contributed by atoms with E-state index in [1.165, 1.54) is 12.8 Å². The van der Waals surface area contributed by atoms with Gasteiger partial charge in [-0.3, -0.25) is 4.90 Å². The number of nitrogens with zero attached hydrogens (tertiary/aromatic N) is 3. The highest BCUT2D eigenvalue weighted by atomic mass is 16.3. The number of imidazole rings is 1. The Morgan fingerprint density at radius 1 is 1.43 bits per heavy atom. The lowest BCUT2D eigenvalue weighted by atomic mass is 10.4. The van der Waals surface area contributed by atoms with Crippen molar-refractivity contribution in [2.75, 3.05) is 19.7 Å². The van der Waals surface area contributed by atoms with Gasteiger partial charge in [-0.15, -0.1) is 0 Å². The van der Waals surface area contributed by atoms with Gasteiger partial charge in [0.25, 0.3) is 0 Å². The van der Waals surface area contributed by atoms with Crippen LogP contribution in [-0.4, -0.2) is 45.3 Å². The van der Waals surface area contributed by atoms with Gasteiger partial charge in [-0.2, -0.15) is 0 Å². The Balaban J connectivity index is 1.76. The van der Waals surface area contributed by atoms with Gasteiger partial charge in [0.2, 0.25) is 0 Å². The van der Waals surface area contributed by atoms with Crippen molar-refractivity contribution in [1.82, 2.24) is 14.5 Å². The minimum atomic E-state index is 0.264. The van der Waals surface area contributed by atoms with E-state index in [1.807, 2.05) is 12.5 Å². The van der Waals surface area contributed by atoms with Gasteiger partial charge in [0, 0.05) is 38.1 Å². The van der Waals surface area contributed by atoms with Crippen LogP contribution in [0, 0.1) is 0 Å². The first kappa shape index (κ1) is 9.68. The number of rotatable bonds is 6. The first-order valence-corrected chi connectivity index (χ1v) is 5.21. The third-order valence-electron chi connectivity index (χ3n) is 2.66. The summed E-state index contributed by atoms with van der Waals surface area (Å²) >= 11 is 0. The molecule has 0 unspecified atom stereocenters. The summed E-state index contributed by atoms with van der Waals surface area (Å²) in [6.45, 7) is 3.05. The number of aliphatic hydroxyl groups is 1. The zero-order valence-electron chi connectivity index (χ0n) is 8.34. The second-order valence-electron chi connectivity index (χ2n) is 3.79. The van der Waals surface area contributed by atoms with E-state index in [9.17, 15) is 0 Å². The molecule has 14 heavy (non-hydrogen) atoms. The minimum absolute atomic E-state index is 0.264. The zero-order valence-corrected chi connectivity index (χ0v) is 8.34. The largest absolute Gasteiger partial charge is 0.395 e. The summed E-state index contributed by atoms with van der Waals surface area (Å²) in [4.78, 5) is 6.36. The fourth-order valence-electron chi connectivity index (χ4n) is 1.71. The van der Waals surface area contributed by atoms with Crippen LogP contribution in [0.2, 0.25) is 0 Å². The van der Waals surface area contributed by atoms with Gasteiger partial charge in [-0.1, -0.05) is 0 Å². The van der Waals surface area contributed by atoms with E-state index in [2.05, 4.69) is 14.5 Å². The van der Waals surface area contributed by atoms with Crippen molar-refractivity contribution in [2.24, 2.45) is 0 Å². The molecule has 1 aliphatic carbocycles. The number of aromatic nitrogens is 2. The summed E-state index contributed by atoms with van der Waals surface area (Å²) in [6, 6.07) is 0.727. The first-order valence-electron chi connectivity index (χ1n) is 5.21. The fraction of sp³-hybridized carbons (Fsp3) is 0.700. The maximum atomic E-state index is 8.91. The topological polar surface area (TPSA) is 41.3 Å². The van der Waals surface area contributed by atoms with Gasteiger partial charge in [0.1, 0.15) is 0 Å². The highest BCUT2D eigenvalue weighted by molar-refractivity contribution is 4.85. The van der Waals surface area contributed by atoms with Crippen molar-refractivity contribution < 1.29 is 5.11 Å². The quantitative estimate of drug-likeness (QED) is 0.711. The summed E-state index contributed by atoms with van der Waals surface area (Å²) in [5, 5.41) is 8.91. The Hall–Kier alpha value is -0.870. The smallest absolute Gasteiger partial charge is 0.0946 e. The standard InChI is InChI=1S/C10H17N3O/c14-8-7-13(10-1-2-10)6-5-12-4-3-11-9-12/h3-4,9-10,14H,1-2,5-8H2. The van der Waals surface area contributed by atoms with Crippen molar-refractivity contribution in [1.29, 1.82) is 0 Å². The Kier molecular flexibility index (Phi) is 3.16. The molecule has 1 aromatic rings. The minimum Gasteiger partial charge on any atom is -0.395 e. The number of aliphatic hydroxyl groups excluding tert-OH is 1. The second kappa shape index (κ2) is 4.57. The lowest BCUT2D eigenvalue weighted by Gasteiger charge is -2.20. The predicted molar refractivity (Wildman–Crippen MR) is 53.9 cm³/mol. The van der Waals surface area contributed by atoms with Gasteiger partial charge in [-0.25, -0.2) is 4.98 Å². The molecule has 4 nitrogen and oxygen atoms in total. The highest BCUT2D eigenvalue weighted by Gasteiger charge is 2.27. The molecule has 0 amide bonds. The highest BCUT2D eigenvalue weighted by Crippen LogP contribution is 2.26. The van der Waals surface area contributed by atoms with Crippen molar-refractivity contribution >= 4 is 0 Å². The van der Waals surface area contributed by atoms with E-state index >= 15 is 0 Å². The average molecular weight is 195 g/mol. The van der Waals surface area contributed by atoms with Crippen LogP contribution in [-0.2, 0) is 6.54 Å². The van der Waals surface area contributed by atoms with Gasteiger partial charge in [0.15, 0.2) is 0 Å². The van der Waals surface area contributed by atoms with Crippen LogP contribution in [0.15, 0.2) is 18.7 Å². The molecule has 0 aliphatic heterocycles. The van der Waals surface area contributed by atoms with E-state index in [1.54, 1.807) is 6.20 Å². The third-order valence-corrected chi connectivity index (χ3v) is 2.66. The molecule has 1 aromatic heterocycles. The zero-order chi connectivity index (χ0) is 9.80. The summed E-state index contributed by atoms with van der Waals surface area (Å²) < 4.78 is 2.08. The van der Waals surface area contributed by atoms with Crippen LogP contribution in [0.1, 0.15) is 12.8 Å². The molecule has 0 radical (unpaired) electrons. The van der Waals surface area contributed by atoms with Crippen molar-refractivity contribution in [2.45, 2.75) is 25.4 Å². The van der Waals surface area contributed by atoms with Gasteiger partial charge < -0.3 is 9.67 Å². The first-order chi connectivity index (χ1) is 6.90. The molecule has 1 fully saturated rings.